The van der Waals surface area contributed by atoms with Crippen molar-refractivity contribution in [3.05, 3.63) is 59.9 Å². The lowest BCUT2D eigenvalue weighted by Gasteiger charge is -2.39. The van der Waals surface area contributed by atoms with Gasteiger partial charge in [-0.05, 0) is 38.0 Å². The van der Waals surface area contributed by atoms with Gasteiger partial charge in [-0.15, -0.1) is 0 Å². The van der Waals surface area contributed by atoms with Crippen LogP contribution in [0.4, 0.5) is 5.82 Å². The molecule has 1 saturated heterocycles. The fourth-order valence-corrected chi connectivity index (χ4v) is 4.24. The van der Waals surface area contributed by atoms with Crippen molar-refractivity contribution in [3.63, 3.8) is 0 Å². The molecule has 1 saturated carbocycles. The molecule has 1 aromatic carbocycles. The Bertz CT molecular complexity index is 1210. The highest BCUT2D eigenvalue weighted by Gasteiger charge is 2.33. The van der Waals surface area contributed by atoms with E-state index in [1.807, 2.05) is 29.9 Å². The maximum atomic E-state index is 4.86. The lowest BCUT2D eigenvalue weighted by molar-refractivity contribution is 0.485. The van der Waals surface area contributed by atoms with Crippen LogP contribution >= 0.6 is 0 Å². The Kier molecular flexibility index (Phi) is 3.54. The molecule has 7 nitrogen and oxygen atoms in total. The lowest BCUT2D eigenvalue weighted by Crippen LogP contribution is -2.46. The van der Waals surface area contributed by atoms with Gasteiger partial charge in [-0.3, -0.25) is 0 Å². The highest BCUT2D eigenvalue weighted by atomic mass is 15.3. The Morgan fingerprint density at radius 2 is 1.72 bits per heavy atom. The Morgan fingerprint density at radius 1 is 0.931 bits per heavy atom. The van der Waals surface area contributed by atoms with Gasteiger partial charge in [0, 0.05) is 38.3 Å². The molecule has 1 aliphatic heterocycles. The Labute approximate surface area is 169 Å². The van der Waals surface area contributed by atoms with Crippen molar-refractivity contribution in [3.8, 4) is 5.82 Å². The van der Waals surface area contributed by atoms with Crippen LogP contribution in [0.5, 0.6) is 0 Å². The molecule has 6 rings (SSSR count). The minimum absolute atomic E-state index is 0.414. The van der Waals surface area contributed by atoms with Crippen molar-refractivity contribution in [2.24, 2.45) is 7.05 Å². The molecule has 3 aromatic heterocycles. The first-order valence-electron chi connectivity index (χ1n) is 10.2. The van der Waals surface area contributed by atoms with Gasteiger partial charge in [0.15, 0.2) is 5.82 Å². The van der Waals surface area contributed by atoms with Gasteiger partial charge in [0.1, 0.15) is 17.5 Å². The quantitative estimate of drug-likeness (QED) is 0.539. The monoisotopic (exact) mass is 385 g/mol. The molecule has 0 amide bonds. The van der Waals surface area contributed by atoms with E-state index in [4.69, 9.17) is 10.1 Å². The van der Waals surface area contributed by atoms with Gasteiger partial charge in [0.2, 0.25) is 0 Å². The summed E-state index contributed by atoms with van der Waals surface area (Å²) in [5.41, 5.74) is 3.42. The molecule has 29 heavy (non-hydrogen) atoms. The summed E-state index contributed by atoms with van der Waals surface area (Å²) in [5.74, 6) is 4.78. The first-order valence-corrected chi connectivity index (χ1v) is 10.2. The predicted molar refractivity (Wildman–Crippen MR) is 112 cm³/mol. The number of aryl methyl sites for hydroxylation is 2. The van der Waals surface area contributed by atoms with E-state index < -0.39 is 0 Å². The van der Waals surface area contributed by atoms with Crippen molar-refractivity contribution < 1.29 is 0 Å². The fourth-order valence-electron chi connectivity index (χ4n) is 4.24. The van der Waals surface area contributed by atoms with Crippen LogP contribution in [-0.2, 0) is 7.05 Å². The van der Waals surface area contributed by atoms with E-state index in [1.54, 1.807) is 0 Å². The van der Waals surface area contributed by atoms with Crippen LogP contribution < -0.4 is 4.90 Å². The number of fused-ring (bicyclic) bond motifs is 1. The normalized spacial score (nSPS) is 17.1. The molecule has 2 fully saturated rings. The summed E-state index contributed by atoms with van der Waals surface area (Å²) in [5, 5.41) is 4.72. The van der Waals surface area contributed by atoms with E-state index >= 15 is 0 Å². The molecule has 7 heteroatoms. The minimum Gasteiger partial charge on any atom is -0.355 e. The highest BCUT2D eigenvalue weighted by molar-refractivity contribution is 5.76. The summed E-state index contributed by atoms with van der Waals surface area (Å²) in [6.07, 6.45) is 4.52. The van der Waals surface area contributed by atoms with Gasteiger partial charge in [-0.2, -0.15) is 5.10 Å². The molecular weight excluding hydrogens is 362 g/mol. The van der Waals surface area contributed by atoms with E-state index in [0.717, 1.165) is 41.9 Å². The third kappa shape index (κ3) is 2.80. The molecule has 0 unspecified atom stereocenters. The zero-order chi connectivity index (χ0) is 19.5. The largest absolute Gasteiger partial charge is 0.355 e. The van der Waals surface area contributed by atoms with E-state index in [9.17, 15) is 0 Å². The molecule has 0 atom stereocenters. The Balaban J connectivity index is 1.25. The zero-order valence-electron chi connectivity index (χ0n) is 16.7. The molecule has 146 valence electrons. The predicted octanol–water partition coefficient (Wildman–Crippen LogP) is 3.34. The van der Waals surface area contributed by atoms with Crippen LogP contribution in [0.25, 0.3) is 16.9 Å². The van der Waals surface area contributed by atoms with E-state index in [2.05, 4.69) is 50.7 Å². The van der Waals surface area contributed by atoms with Crippen LogP contribution in [-0.4, -0.2) is 42.4 Å². The number of nitrogens with zero attached hydrogens (tertiary/aromatic N) is 7. The number of aromatic nitrogens is 6. The third-order valence-electron chi connectivity index (χ3n) is 6.04. The first kappa shape index (κ1) is 16.7. The molecular formula is C22H23N7. The highest BCUT2D eigenvalue weighted by Crippen LogP contribution is 2.39. The summed E-state index contributed by atoms with van der Waals surface area (Å²) in [4.78, 5) is 16.4. The average Bonchev–Trinajstić information content (AvgIpc) is 3.32. The zero-order valence-corrected chi connectivity index (χ0v) is 16.7. The smallest absolute Gasteiger partial charge is 0.159 e. The summed E-state index contributed by atoms with van der Waals surface area (Å²) in [6.45, 7) is 3.78. The van der Waals surface area contributed by atoms with E-state index in [-0.39, 0.29) is 0 Å². The van der Waals surface area contributed by atoms with Gasteiger partial charge >= 0.3 is 0 Å². The number of hydrogen-bond donors (Lipinski definition) is 0. The van der Waals surface area contributed by atoms with Crippen molar-refractivity contribution in [2.75, 3.05) is 18.0 Å². The number of rotatable bonds is 4. The Hall–Kier alpha value is -3.22. The number of imidazole rings is 1. The third-order valence-corrected chi connectivity index (χ3v) is 6.04. The lowest BCUT2D eigenvalue weighted by atomic mass is 9.99. The summed E-state index contributed by atoms with van der Waals surface area (Å²) in [7, 11) is 2.11. The van der Waals surface area contributed by atoms with Crippen molar-refractivity contribution in [1.29, 1.82) is 0 Å². The number of benzene rings is 1. The second-order valence-corrected chi connectivity index (χ2v) is 8.21. The molecule has 1 aliphatic carbocycles. The molecule has 4 heterocycles. The van der Waals surface area contributed by atoms with Crippen LogP contribution in [0.3, 0.4) is 0 Å². The standard InChI is InChI=1S/C22H23N7/c1-14-23-20(11-21(24-14)29-10-9-17(26-29)15-7-8-15)28-12-16(13-28)22-25-18-5-3-4-6-19(18)27(22)2/h3-6,9-11,15-16H,7-8,12-13H2,1-2H3. The van der Waals surface area contributed by atoms with Gasteiger partial charge in [0.05, 0.1) is 22.6 Å². The summed E-state index contributed by atoms with van der Waals surface area (Å²) < 4.78 is 4.10. The minimum atomic E-state index is 0.414. The van der Waals surface area contributed by atoms with Crippen molar-refractivity contribution in [2.45, 2.75) is 31.6 Å². The molecule has 0 radical (unpaired) electrons. The maximum absolute atomic E-state index is 4.86. The molecule has 2 aliphatic rings. The molecule has 0 spiro atoms. The van der Waals surface area contributed by atoms with E-state index in [0.29, 0.717) is 11.8 Å². The van der Waals surface area contributed by atoms with Crippen molar-refractivity contribution >= 4 is 16.9 Å². The van der Waals surface area contributed by atoms with E-state index in [1.165, 1.54) is 24.1 Å². The molecule has 0 N–H and O–H groups in total. The topological polar surface area (TPSA) is 64.7 Å². The number of para-hydroxylation sites is 2. The molecule has 0 bridgehead atoms. The summed E-state index contributed by atoms with van der Waals surface area (Å²) in [6, 6.07) is 12.5. The fraction of sp³-hybridized carbons (Fsp3) is 0.364. The second-order valence-electron chi connectivity index (χ2n) is 8.21. The van der Waals surface area contributed by atoms with Gasteiger partial charge < -0.3 is 9.47 Å². The van der Waals surface area contributed by atoms with Crippen LogP contribution in [0, 0.1) is 6.92 Å². The van der Waals surface area contributed by atoms with Crippen molar-refractivity contribution in [1.82, 2.24) is 29.3 Å². The maximum Gasteiger partial charge on any atom is 0.159 e. The summed E-state index contributed by atoms with van der Waals surface area (Å²) >= 11 is 0. The van der Waals surface area contributed by atoms with Crippen LogP contribution in [0.2, 0.25) is 0 Å². The second kappa shape index (κ2) is 6.14. The average molecular weight is 385 g/mol. The van der Waals surface area contributed by atoms with Gasteiger partial charge in [-0.1, -0.05) is 12.1 Å². The van der Waals surface area contributed by atoms with Gasteiger partial charge in [0.25, 0.3) is 0 Å². The number of hydrogen-bond acceptors (Lipinski definition) is 5. The SMILES string of the molecule is Cc1nc(N2CC(c3nc4ccccc4n3C)C2)cc(-n2ccc(C3CC3)n2)n1. The molecule has 4 aromatic rings. The van der Waals surface area contributed by atoms with Crippen LogP contribution in [0.15, 0.2) is 42.6 Å². The van der Waals surface area contributed by atoms with Crippen LogP contribution in [0.1, 0.15) is 42.0 Å². The Morgan fingerprint density at radius 3 is 2.52 bits per heavy atom. The number of anilines is 1. The first-order chi connectivity index (χ1) is 14.2. The van der Waals surface area contributed by atoms with Gasteiger partial charge in [-0.25, -0.2) is 19.6 Å².